The van der Waals surface area contributed by atoms with Crippen LogP contribution in [0.1, 0.15) is 17.4 Å². The number of halogens is 1. The fourth-order valence-corrected chi connectivity index (χ4v) is 2.71. The van der Waals surface area contributed by atoms with Gasteiger partial charge in [0.1, 0.15) is 11.8 Å². The number of non-ortho nitro benzene ring substituents is 1. The summed E-state index contributed by atoms with van der Waals surface area (Å²) in [6.07, 6.45) is -1.57. The highest BCUT2D eigenvalue weighted by atomic mass is 35.5. The molecule has 12 heteroatoms. The summed E-state index contributed by atoms with van der Waals surface area (Å²) in [5.41, 5.74) is 9.94. The van der Waals surface area contributed by atoms with Crippen LogP contribution in [-0.4, -0.2) is 31.7 Å². The molecule has 0 saturated carbocycles. The van der Waals surface area contributed by atoms with E-state index < -0.39 is 22.5 Å². The zero-order valence-corrected chi connectivity index (χ0v) is 15.4. The average molecular weight is 416 g/mol. The van der Waals surface area contributed by atoms with E-state index in [0.29, 0.717) is 16.1 Å². The van der Waals surface area contributed by atoms with Crippen LogP contribution in [0, 0.1) is 10.1 Å². The van der Waals surface area contributed by atoms with Gasteiger partial charge in [-0.3, -0.25) is 14.9 Å². The molecule has 11 nitrogen and oxygen atoms in total. The predicted octanol–water partition coefficient (Wildman–Crippen LogP) is 1.20. The van der Waals surface area contributed by atoms with E-state index in [4.69, 9.17) is 23.1 Å². The van der Waals surface area contributed by atoms with Gasteiger partial charge in [0.25, 0.3) is 11.2 Å². The number of nitrogens with one attached hydrogen (secondary N) is 1. The van der Waals surface area contributed by atoms with E-state index in [9.17, 15) is 20.0 Å². The van der Waals surface area contributed by atoms with Gasteiger partial charge in [-0.25, -0.2) is 4.98 Å². The SMILES string of the molecule is NC(N)=N/N=C(\c1nc2ccc(Cl)cc2[nH]c1=O)[C@@H](O)c1cccc([N+](=O)[O-])c1. The number of hydrogen-bond acceptors (Lipinski definition) is 7. The minimum absolute atomic E-state index is 0.0983. The Kier molecular flexibility index (Phi) is 5.52. The van der Waals surface area contributed by atoms with Gasteiger partial charge in [0.05, 0.1) is 16.0 Å². The van der Waals surface area contributed by atoms with Crippen molar-refractivity contribution in [1.82, 2.24) is 9.97 Å². The van der Waals surface area contributed by atoms with Crippen LogP contribution in [0.4, 0.5) is 5.69 Å². The summed E-state index contributed by atoms with van der Waals surface area (Å²) in [6.45, 7) is 0. The molecule has 2 aromatic carbocycles. The van der Waals surface area contributed by atoms with Gasteiger partial charge in [0.2, 0.25) is 5.96 Å². The van der Waals surface area contributed by atoms with Crippen molar-refractivity contribution in [3.63, 3.8) is 0 Å². The van der Waals surface area contributed by atoms with Gasteiger partial charge < -0.3 is 21.6 Å². The lowest BCUT2D eigenvalue weighted by Crippen LogP contribution is -2.27. The molecule has 0 bridgehead atoms. The highest BCUT2D eigenvalue weighted by molar-refractivity contribution is 6.31. The van der Waals surface area contributed by atoms with Gasteiger partial charge in [-0.1, -0.05) is 23.7 Å². The number of nitrogens with two attached hydrogens (primary N) is 2. The molecule has 1 heterocycles. The summed E-state index contributed by atoms with van der Waals surface area (Å²) < 4.78 is 0. The van der Waals surface area contributed by atoms with Crippen molar-refractivity contribution in [1.29, 1.82) is 0 Å². The first kappa shape index (κ1) is 19.9. The molecule has 148 valence electrons. The van der Waals surface area contributed by atoms with Crippen LogP contribution >= 0.6 is 11.6 Å². The summed E-state index contributed by atoms with van der Waals surface area (Å²) in [5, 5.41) is 29.4. The van der Waals surface area contributed by atoms with Crippen LogP contribution in [0.5, 0.6) is 0 Å². The number of H-pyrrole nitrogens is 1. The number of rotatable bonds is 5. The average Bonchev–Trinajstić information content (AvgIpc) is 2.68. The van der Waals surface area contributed by atoms with E-state index in [-0.39, 0.29) is 22.7 Å². The third-order valence-electron chi connectivity index (χ3n) is 3.83. The molecule has 1 atom stereocenters. The number of benzene rings is 2. The first-order valence-corrected chi connectivity index (χ1v) is 8.43. The molecule has 1 aromatic heterocycles. The molecule has 3 aromatic rings. The topological polar surface area (TPSA) is 186 Å². The quantitative estimate of drug-likeness (QED) is 0.208. The van der Waals surface area contributed by atoms with Gasteiger partial charge in [-0.05, 0) is 23.8 Å². The number of aliphatic hydroxyl groups is 1. The van der Waals surface area contributed by atoms with E-state index in [1.165, 1.54) is 24.3 Å². The number of aromatic nitrogens is 2. The highest BCUT2D eigenvalue weighted by Gasteiger charge is 2.24. The molecule has 6 N–H and O–H groups in total. The molecule has 0 aliphatic heterocycles. The smallest absolute Gasteiger partial charge is 0.276 e. The van der Waals surface area contributed by atoms with Gasteiger partial charge in [-0.15, -0.1) is 10.2 Å². The van der Waals surface area contributed by atoms with Crippen LogP contribution in [-0.2, 0) is 0 Å². The molecule has 0 aliphatic carbocycles. The van der Waals surface area contributed by atoms with Crippen LogP contribution in [0.15, 0.2) is 57.5 Å². The monoisotopic (exact) mass is 415 g/mol. The van der Waals surface area contributed by atoms with Crippen molar-refractivity contribution in [2.45, 2.75) is 6.10 Å². The molecule has 0 amide bonds. The summed E-state index contributed by atoms with van der Waals surface area (Å²) in [5.74, 6) is -0.419. The number of fused-ring (bicyclic) bond motifs is 1. The molecule has 0 radical (unpaired) electrons. The molecule has 3 rings (SSSR count). The van der Waals surface area contributed by atoms with Crippen LogP contribution in [0.2, 0.25) is 5.02 Å². The first-order valence-electron chi connectivity index (χ1n) is 8.05. The van der Waals surface area contributed by atoms with Crippen molar-refractivity contribution < 1.29 is 10.0 Å². The third kappa shape index (κ3) is 4.36. The fraction of sp³-hybridized carbons (Fsp3) is 0.0588. The molecule has 0 spiro atoms. The number of hydrogen-bond donors (Lipinski definition) is 4. The highest BCUT2D eigenvalue weighted by Crippen LogP contribution is 2.23. The summed E-state index contributed by atoms with van der Waals surface area (Å²) in [7, 11) is 0. The summed E-state index contributed by atoms with van der Waals surface area (Å²) in [4.78, 5) is 29.8. The van der Waals surface area contributed by atoms with E-state index in [2.05, 4.69) is 20.2 Å². The standard InChI is InChI=1S/C17H14ClN7O4/c18-9-4-5-11-12(7-9)22-16(27)14(21-11)13(23-24-17(19)20)15(26)8-2-1-3-10(6-8)25(28)29/h1-7,15,26H,(H,22,27)(H4,19,20,24)/b23-13+/t15-/m0/s1. The van der Waals surface area contributed by atoms with E-state index in [1.807, 2.05) is 0 Å². The minimum atomic E-state index is -1.57. The number of nitrogens with zero attached hydrogens (tertiary/aromatic N) is 4. The normalized spacial score (nSPS) is 12.6. The first-order chi connectivity index (χ1) is 13.8. The predicted molar refractivity (Wildman–Crippen MR) is 108 cm³/mol. The summed E-state index contributed by atoms with van der Waals surface area (Å²) >= 11 is 5.91. The van der Waals surface area contributed by atoms with Gasteiger partial charge in [0.15, 0.2) is 5.69 Å². The summed E-state index contributed by atoms with van der Waals surface area (Å²) in [6, 6.07) is 9.86. The molecule has 0 saturated heterocycles. The third-order valence-corrected chi connectivity index (χ3v) is 4.06. The Morgan fingerprint density at radius 1 is 1.24 bits per heavy atom. The molecule has 29 heavy (non-hydrogen) atoms. The molecule has 0 fully saturated rings. The Hall–Kier alpha value is -3.83. The second-order valence-corrected chi connectivity index (χ2v) is 6.28. The number of aromatic amines is 1. The number of aliphatic hydroxyl groups excluding tert-OH is 1. The maximum Gasteiger partial charge on any atom is 0.276 e. The zero-order valence-electron chi connectivity index (χ0n) is 14.6. The Balaban J connectivity index is 2.18. The van der Waals surface area contributed by atoms with Gasteiger partial charge in [-0.2, -0.15) is 0 Å². The maximum atomic E-state index is 12.6. The lowest BCUT2D eigenvalue weighted by Gasteiger charge is -2.13. The minimum Gasteiger partial charge on any atom is -0.382 e. The Bertz CT molecular complexity index is 1220. The number of nitro groups is 1. The van der Waals surface area contributed by atoms with Crippen molar-refractivity contribution in [3.05, 3.63) is 79.2 Å². The lowest BCUT2D eigenvalue weighted by molar-refractivity contribution is -0.385. The van der Waals surface area contributed by atoms with Gasteiger partial charge in [0, 0.05) is 17.2 Å². The maximum absolute atomic E-state index is 12.6. The Morgan fingerprint density at radius 2 is 2.00 bits per heavy atom. The lowest BCUT2D eigenvalue weighted by atomic mass is 10.0. The fourth-order valence-electron chi connectivity index (χ4n) is 2.54. The molecular weight excluding hydrogens is 402 g/mol. The van der Waals surface area contributed by atoms with Crippen molar-refractivity contribution in [2.75, 3.05) is 0 Å². The number of guanidine groups is 1. The van der Waals surface area contributed by atoms with E-state index >= 15 is 0 Å². The van der Waals surface area contributed by atoms with E-state index in [0.717, 1.165) is 6.07 Å². The molecule has 0 aliphatic rings. The van der Waals surface area contributed by atoms with Crippen LogP contribution < -0.4 is 17.0 Å². The van der Waals surface area contributed by atoms with E-state index in [1.54, 1.807) is 12.1 Å². The van der Waals surface area contributed by atoms with Crippen molar-refractivity contribution in [3.8, 4) is 0 Å². The number of nitro benzene ring substituents is 1. The zero-order chi connectivity index (χ0) is 21.1. The van der Waals surface area contributed by atoms with Crippen molar-refractivity contribution >= 4 is 40.0 Å². The van der Waals surface area contributed by atoms with Gasteiger partial charge >= 0.3 is 0 Å². The van der Waals surface area contributed by atoms with Crippen LogP contribution in [0.3, 0.4) is 0 Å². The second kappa shape index (κ2) is 8.04. The van der Waals surface area contributed by atoms with Crippen LogP contribution in [0.25, 0.3) is 11.0 Å². The Morgan fingerprint density at radius 3 is 2.69 bits per heavy atom. The molecular formula is C17H14ClN7O4. The molecule has 0 unspecified atom stereocenters. The second-order valence-electron chi connectivity index (χ2n) is 5.84. The van der Waals surface area contributed by atoms with Crippen molar-refractivity contribution in [2.24, 2.45) is 21.7 Å². The largest absolute Gasteiger partial charge is 0.382 e. The Labute approximate surface area is 167 Å².